The summed E-state index contributed by atoms with van der Waals surface area (Å²) in [7, 11) is 0. The minimum absolute atomic E-state index is 0.150. The zero-order chi connectivity index (χ0) is 16.8. The summed E-state index contributed by atoms with van der Waals surface area (Å²) in [6.07, 6.45) is 0. The van der Waals surface area contributed by atoms with E-state index in [-0.39, 0.29) is 17.3 Å². The van der Waals surface area contributed by atoms with Crippen LogP contribution < -0.4 is 10.2 Å². The van der Waals surface area contributed by atoms with Crippen LogP contribution in [0.2, 0.25) is 0 Å². The smallest absolute Gasteiger partial charge is 0.294 e. The Hall–Kier alpha value is -2.74. The van der Waals surface area contributed by atoms with Gasteiger partial charge in [-0.05, 0) is 30.3 Å². The van der Waals surface area contributed by atoms with Gasteiger partial charge in [0.2, 0.25) is 5.78 Å². The molecule has 2 aromatic rings. The summed E-state index contributed by atoms with van der Waals surface area (Å²) in [5.41, 5.74) is 2.51. The molecule has 8 heteroatoms. The number of Topliss-reactive ketones (excluding diaryl/α,β-unsaturated/α-hetero) is 1. The number of hydrogen-bond acceptors (Lipinski definition) is 6. The molecule has 0 aliphatic rings. The molecule has 0 atom stereocenters. The summed E-state index contributed by atoms with van der Waals surface area (Å²) in [4.78, 5) is 22.0. The van der Waals surface area contributed by atoms with Gasteiger partial charge in [-0.15, -0.1) is 5.10 Å². The number of carbonyl (C=O) groups excluding carboxylic acids is 1. The van der Waals surface area contributed by atoms with Crippen LogP contribution in [0, 0.1) is 10.1 Å². The van der Waals surface area contributed by atoms with Gasteiger partial charge < -0.3 is 4.74 Å². The van der Waals surface area contributed by atoms with Crippen molar-refractivity contribution in [2.45, 2.75) is 6.92 Å². The van der Waals surface area contributed by atoms with Crippen LogP contribution in [-0.2, 0) is 4.79 Å². The van der Waals surface area contributed by atoms with Gasteiger partial charge in [0.25, 0.3) is 11.6 Å². The molecule has 0 aromatic heterocycles. The lowest BCUT2D eigenvalue weighted by atomic mass is 10.3. The largest absolute Gasteiger partial charge is 0.435 e. The molecule has 0 bridgehead atoms. The van der Waals surface area contributed by atoms with E-state index in [0.29, 0.717) is 5.75 Å². The van der Waals surface area contributed by atoms with E-state index in [9.17, 15) is 14.9 Å². The number of nitro benzene ring substituents is 1. The highest BCUT2D eigenvalue weighted by Crippen LogP contribution is 2.23. The lowest BCUT2D eigenvalue weighted by Crippen LogP contribution is -2.19. The molecule has 0 radical (unpaired) electrons. The number of benzene rings is 2. The number of halogens is 1. The summed E-state index contributed by atoms with van der Waals surface area (Å²) in [5.74, 6) is -0.198. The van der Waals surface area contributed by atoms with Crippen LogP contribution in [0.25, 0.3) is 0 Å². The quantitative estimate of drug-likeness (QED) is 0.370. The number of ether oxygens (including phenoxy) is 1. The zero-order valence-electron chi connectivity index (χ0n) is 12.0. The van der Waals surface area contributed by atoms with E-state index < -0.39 is 10.7 Å². The van der Waals surface area contributed by atoms with Gasteiger partial charge in [0, 0.05) is 17.5 Å². The van der Waals surface area contributed by atoms with Crippen LogP contribution >= 0.6 is 15.9 Å². The maximum absolute atomic E-state index is 11.6. The molecule has 0 aliphatic carbocycles. The predicted octanol–water partition coefficient (Wildman–Crippen LogP) is 3.75. The summed E-state index contributed by atoms with van der Waals surface area (Å²) in [6, 6.07) is 12.8. The number of hydrogen-bond donors (Lipinski definition) is 1. The van der Waals surface area contributed by atoms with E-state index in [1.165, 1.54) is 25.1 Å². The minimum atomic E-state index is -0.541. The number of rotatable bonds is 5. The lowest BCUT2D eigenvalue weighted by molar-refractivity contribution is -0.384. The van der Waals surface area contributed by atoms with E-state index in [4.69, 9.17) is 4.74 Å². The third kappa shape index (κ3) is 4.62. The van der Waals surface area contributed by atoms with E-state index in [2.05, 4.69) is 26.5 Å². The number of para-hydroxylation sites is 2. The molecule has 0 spiro atoms. The predicted molar refractivity (Wildman–Crippen MR) is 89.6 cm³/mol. The molecule has 0 fully saturated rings. The molecule has 0 amide bonds. The first-order valence-corrected chi connectivity index (χ1v) is 7.28. The molecule has 118 valence electrons. The number of anilines is 1. The highest BCUT2D eigenvalue weighted by molar-refractivity contribution is 9.10. The molecule has 1 N–H and O–H groups in total. The van der Waals surface area contributed by atoms with E-state index >= 15 is 0 Å². The Kier molecular flexibility index (Phi) is 5.42. The second-order valence-corrected chi connectivity index (χ2v) is 5.33. The van der Waals surface area contributed by atoms with Gasteiger partial charge in [0.05, 0.1) is 4.92 Å². The molecule has 0 aliphatic heterocycles. The summed E-state index contributed by atoms with van der Waals surface area (Å²) >= 11 is 3.29. The van der Waals surface area contributed by atoms with Crippen LogP contribution in [0.15, 0.2) is 58.1 Å². The van der Waals surface area contributed by atoms with Gasteiger partial charge in [-0.2, -0.15) is 0 Å². The molecular weight excluding hydrogens is 366 g/mol. The van der Waals surface area contributed by atoms with Crippen LogP contribution in [0.3, 0.4) is 0 Å². The van der Waals surface area contributed by atoms with Crippen molar-refractivity contribution in [2.24, 2.45) is 5.10 Å². The standard InChI is InChI=1S/C15H12BrN3O4/c1-10(20)15(23-12-8-6-11(16)7-9-12)18-17-13-4-2-3-5-14(13)19(21)22/h2-9,17H,1H3. The molecule has 2 aromatic carbocycles. The Morgan fingerprint density at radius 2 is 1.87 bits per heavy atom. The second kappa shape index (κ2) is 7.50. The maximum atomic E-state index is 11.6. The van der Waals surface area contributed by atoms with Crippen molar-refractivity contribution in [3.63, 3.8) is 0 Å². The highest BCUT2D eigenvalue weighted by Gasteiger charge is 2.14. The molecule has 0 unspecified atom stereocenters. The number of nitrogens with one attached hydrogen (secondary N) is 1. The fraction of sp³-hybridized carbons (Fsp3) is 0.0667. The maximum Gasteiger partial charge on any atom is 0.294 e. The van der Waals surface area contributed by atoms with Crippen LogP contribution in [0.4, 0.5) is 11.4 Å². The number of nitro groups is 1. The topological polar surface area (TPSA) is 93.8 Å². The summed E-state index contributed by atoms with van der Waals surface area (Å²) in [5, 5.41) is 14.8. The molecule has 23 heavy (non-hydrogen) atoms. The number of hydrazone groups is 1. The summed E-state index contributed by atoms with van der Waals surface area (Å²) in [6.45, 7) is 1.29. The summed E-state index contributed by atoms with van der Waals surface area (Å²) < 4.78 is 6.27. The van der Waals surface area contributed by atoms with E-state index in [1.54, 1.807) is 30.3 Å². The van der Waals surface area contributed by atoms with E-state index in [1.807, 2.05) is 0 Å². The SMILES string of the molecule is CC(=O)C(=NNc1ccccc1[N+](=O)[O-])Oc1ccc(Br)cc1. The van der Waals surface area contributed by atoms with Crippen LogP contribution in [0.1, 0.15) is 6.92 Å². The molecule has 7 nitrogen and oxygen atoms in total. The molecule has 0 saturated carbocycles. The van der Waals surface area contributed by atoms with Crippen molar-refractivity contribution >= 4 is 39.0 Å². The molecule has 0 saturated heterocycles. The normalized spacial score (nSPS) is 11.0. The van der Waals surface area contributed by atoms with Gasteiger partial charge in [0.15, 0.2) is 0 Å². The first-order valence-electron chi connectivity index (χ1n) is 6.49. The van der Waals surface area contributed by atoms with Gasteiger partial charge in [-0.3, -0.25) is 20.3 Å². The Morgan fingerprint density at radius 3 is 2.48 bits per heavy atom. The average molecular weight is 378 g/mol. The second-order valence-electron chi connectivity index (χ2n) is 4.42. The first kappa shape index (κ1) is 16.6. The van der Waals surface area contributed by atoms with E-state index in [0.717, 1.165) is 4.47 Å². The lowest BCUT2D eigenvalue weighted by Gasteiger charge is -2.07. The Labute approximate surface area is 140 Å². The van der Waals surface area contributed by atoms with Gasteiger partial charge in [0.1, 0.15) is 11.4 Å². The fourth-order valence-electron chi connectivity index (χ4n) is 1.63. The third-order valence-corrected chi connectivity index (χ3v) is 3.24. The third-order valence-electron chi connectivity index (χ3n) is 2.71. The number of carbonyl (C=O) groups is 1. The number of nitrogens with zero attached hydrogens (tertiary/aromatic N) is 2. The Bertz CT molecular complexity index is 760. The van der Waals surface area contributed by atoms with Crippen LogP contribution in [0.5, 0.6) is 5.75 Å². The van der Waals surface area contributed by atoms with Gasteiger partial charge in [-0.1, -0.05) is 28.1 Å². The molecular formula is C15H12BrN3O4. The highest BCUT2D eigenvalue weighted by atomic mass is 79.9. The van der Waals surface area contributed by atoms with Crippen molar-refractivity contribution in [3.8, 4) is 5.75 Å². The van der Waals surface area contributed by atoms with Gasteiger partial charge in [-0.25, -0.2) is 0 Å². The molecule has 2 rings (SSSR count). The van der Waals surface area contributed by atoms with Gasteiger partial charge >= 0.3 is 0 Å². The fourth-order valence-corrected chi connectivity index (χ4v) is 1.89. The van der Waals surface area contributed by atoms with Crippen molar-refractivity contribution in [2.75, 3.05) is 5.43 Å². The van der Waals surface area contributed by atoms with Crippen molar-refractivity contribution in [1.29, 1.82) is 0 Å². The Balaban J connectivity index is 2.21. The van der Waals surface area contributed by atoms with Crippen molar-refractivity contribution in [3.05, 3.63) is 63.1 Å². The average Bonchev–Trinajstić information content (AvgIpc) is 2.53. The minimum Gasteiger partial charge on any atom is -0.435 e. The monoisotopic (exact) mass is 377 g/mol. The number of ketones is 1. The van der Waals surface area contributed by atoms with Crippen molar-refractivity contribution < 1.29 is 14.5 Å². The van der Waals surface area contributed by atoms with Crippen molar-refractivity contribution in [1.82, 2.24) is 0 Å². The Morgan fingerprint density at radius 1 is 1.22 bits per heavy atom. The molecule has 0 heterocycles. The van der Waals surface area contributed by atoms with Crippen LogP contribution in [-0.4, -0.2) is 16.6 Å². The first-order chi connectivity index (χ1) is 11.0. The zero-order valence-corrected chi connectivity index (χ0v) is 13.6.